The maximum Gasteiger partial charge on any atom is 0.0956 e. The minimum Gasteiger partial charge on any atom is -0.337 e. The molecule has 0 saturated carbocycles. The van der Waals surface area contributed by atoms with Crippen LogP contribution in [0.15, 0.2) is 18.7 Å². The van der Waals surface area contributed by atoms with Gasteiger partial charge in [0.15, 0.2) is 0 Å². The van der Waals surface area contributed by atoms with E-state index in [1.807, 2.05) is 30.1 Å². The lowest BCUT2D eigenvalue weighted by atomic mass is 10.2. The molecular weight excluding hydrogens is 268 g/mol. The van der Waals surface area contributed by atoms with Crippen molar-refractivity contribution < 1.29 is 0 Å². The molecule has 1 N–H and O–H groups in total. The van der Waals surface area contributed by atoms with Crippen LogP contribution in [0.25, 0.3) is 0 Å². The third-order valence-electron chi connectivity index (χ3n) is 3.34. The predicted molar refractivity (Wildman–Crippen MR) is 84.2 cm³/mol. The summed E-state index contributed by atoms with van der Waals surface area (Å²) in [7, 11) is 0. The minimum atomic E-state index is 0.378. The molecule has 0 aliphatic rings. The highest BCUT2D eigenvalue weighted by atomic mass is 32.1. The molecule has 0 aliphatic carbocycles. The summed E-state index contributed by atoms with van der Waals surface area (Å²) in [6, 6.07) is 0.378. The Kier molecular flexibility index (Phi) is 5.31. The van der Waals surface area contributed by atoms with Crippen LogP contribution in [0.5, 0.6) is 0 Å². The zero-order valence-corrected chi connectivity index (χ0v) is 13.6. The molecule has 0 bridgehead atoms. The van der Waals surface area contributed by atoms with Gasteiger partial charge in [0, 0.05) is 35.8 Å². The molecular formula is C15H24N4S. The lowest BCUT2D eigenvalue weighted by Gasteiger charge is -2.12. The number of nitrogens with zero attached hydrogens (tertiary/aromatic N) is 3. The first-order valence-electron chi connectivity index (χ1n) is 7.24. The SMILES string of the molecule is Cc1nc(C(C)C)sc1[C@@H](C)NCCCn1ccnc1. The van der Waals surface area contributed by atoms with Gasteiger partial charge in [-0.15, -0.1) is 11.3 Å². The molecule has 2 aromatic heterocycles. The van der Waals surface area contributed by atoms with Crippen LogP contribution in [0.1, 0.15) is 54.7 Å². The third kappa shape index (κ3) is 3.90. The molecule has 1 atom stereocenters. The van der Waals surface area contributed by atoms with Crippen molar-refractivity contribution in [1.82, 2.24) is 19.9 Å². The topological polar surface area (TPSA) is 42.7 Å². The summed E-state index contributed by atoms with van der Waals surface area (Å²) in [4.78, 5) is 10.1. The fourth-order valence-corrected chi connectivity index (χ4v) is 3.27. The Labute approximate surface area is 125 Å². The van der Waals surface area contributed by atoms with Crippen LogP contribution in [0.3, 0.4) is 0 Å². The van der Waals surface area contributed by atoms with Crippen LogP contribution in [-0.2, 0) is 6.54 Å². The molecule has 2 heterocycles. The molecule has 2 aromatic rings. The van der Waals surface area contributed by atoms with Crippen molar-refractivity contribution in [3.8, 4) is 0 Å². The van der Waals surface area contributed by atoms with Crippen molar-refractivity contribution >= 4 is 11.3 Å². The molecule has 0 fully saturated rings. The molecule has 2 rings (SSSR count). The number of imidazole rings is 1. The Hall–Kier alpha value is -1.20. The van der Waals surface area contributed by atoms with E-state index in [1.165, 1.54) is 15.6 Å². The molecule has 0 aromatic carbocycles. The quantitative estimate of drug-likeness (QED) is 0.794. The van der Waals surface area contributed by atoms with Gasteiger partial charge in [0.25, 0.3) is 0 Å². The van der Waals surface area contributed by atoms with E-state index in [9.17, 15) is 0 Å². The van der Waals surface area contributed by atoms with E-state index < -0.39 is 0 Å². The van der Waals surface area contributed by atoms with Crippen molar-refractivity contribution in [2.45, 2.75) is 52.6 Å². The van der Waals surface area contributed by atoms with Crippen LogP contribution in [0.4, 0.5) is 0 Å². The number of nitrogens with one attached hydrogen (secondary N) is 1. The van der Waals surface area contributed by atoms with Gasteiger partial charge in [-0.05, 0) is 26.8 Å². The van der Waals surface area contributed by atoms with E-state index in [-0.39, 0.29) is 0 Å². The van der Waals surface area contributed by atoms with Crippen molar-refractivity contribution in [2.24, 2.45) is 0 Å². The van der Waals surface area contributed by atoms with Gasteiger partial charge in [0.05, 0.1) is 17.0 Å². The summed E-state index contributed by atoms with van der Waals surface area (Å²) in [6.45, 7) is 10.8. The lowest BCUT2D eigenvalue weighted by Crippen LogP contribution is -2.20. The van der Waals surface area contributed by atoms with E-state index in [1.54, 1.807) is 0 Å². The van der Waals surface area contributed by atoms with Gasteiger partial charge in [0.2, 0.25) is 0 Å². The maximum atomic E-state index is 4.67. The second-order valence-corrected chi connectivity index (χ2v) is 6.55. The highest BCUT2D eigenvalue weighted by molar-refractivity contribution is 7.11. The number of hydrogen-bond acceptors (Lipinski definition) is 4. The van der Waals surface area contributed by atoms with E-state index in [0.717, 1.165) is 19.5 Å². The highest BCUT2D eigenvalue weighted by Crippen LogP contribution is 2.29. The van der Waals surface area contributed by atoms with Crippen molar-refractivity contribution in [3.05, 3.63) is 34.3 Å². The summed E-state index contributed by atoms with van der Waals surface area (Å²) in [5.41, 5.74) is 1.17. The molecule has 0 saturated heterocycles. The standard InChI is InChI=1S/C15H24N4S/c1-11(2)15-18-13(4)14(20-15)12(3)17-6-5-8-19-9-7-16-10-19/h7,9-12,17H,5-6,8H2,1-4H3/t12-/m1/s1. The molecule has 0 unspecified atom stereocenters. The highest BCUT2D eigenvalue weighted by Gasteiger charge is 2.15. The van der Waals surface area contributed by atoms with Gasteiger partial charge < -0.3 is 9.88 Å². The Bertz CT molecular complexity index is 516. The van der Waals surface area contributed by atoms with Gasteiger partial charge in [-0.3, -0.25) is 0 Å². The zero-order valence-electron chi connectivity index (χ0n) is 12.8. The predicted octanol–water partition coefficient (Wildman–Crippen LogP) is 3.51. The number of thiazole rings is 1. The first-order valence-corrected chi connectivity index (χ1v) is 8.06. The fraction of sp³-hybridized carbons (Fsp3) is 0.600. The van der Waals surface area contributed by atoms with Gasteiger partial charge in [-0.1, -0.05) is 13.8 Å². The van der Waals surface area contributed by atoms with Gasteiger partial charge in [0.1, 0.15) is 0 Å². The second-order valence-electron chi connectivity index (χ2n) is 5.49. The average molecular weight is 292 g/mol. The number of aryl methyl sites for hydroxylation is 2. The number of aromatic nitrogens is 3. The van der Waals surface area contributed by atoms with E-state index in [2.05, 4.69) is 47.5 Å². The van der Waals surface area contributed by atoms with Crippen molar-refractivity contribution in [2.75, 3.05) is 6.54 Å². The molecule has 0 spiro atoms. The molecule has 0 radical (unpaired) electrons. The van der Waals surface area contributed by atoms with Crippen LogP contribution in [-0.4, -0.2) is 21.1 Å². The minimum absolute atomic E-state index is 0.378. The van der Waals surface area contributed by atoms with Crippen LogP contribution in [0.2, 0.25) is 0 Å². The summed E-state index contributed by atoms with van der Waals surface area (Å²) in [5, 5.41) is 4.83. The van der Waals surface area contributed by atoms with Gasteiger partial charge in [-0.25, -0.2) is 9.97 Å². The normalized spacial score (nSPS) is 13.1. The Morgan fingerprint density at radius 3 is 2.75 bits per heavy atom. The molecule has 5 heteroatoms. The lowest BCUT2D eigenvalue weighted by molar-refractivity contribution is 0.529. The largest absolute Gasteiger partial charge is 0.337 e. The third-order valence-corrected chi connectivity index (χ3v) is 4.98. The van der Waals surface area contributed by atoms with Gasteiger partial charge >= 0.3 is 0 Å². The molecule has 20 heavy (non-hydrogen) atoms. The Morgan fingerprint density at radius 2 is 2.15 bits per heavy atom. The molecule has 4 nitrogen and oxygen atoms in total. The second kappa shape index (κ2) is 6.99. The van der Waals surface area contributed by atoms with Crippen molar-refractivity contribution in [3.63, 3.8) is 0 Å². The Morgan fingerprint density at radius 1 is 1.35 bits per heavy atom. The van der Waals surface area contributed by atoms with E-state index in [4.69, 9.17) is 0 Å². The first-order chi connectivity index (χ1) is 9.58. The van der Waals surface area contributed by atoms with Crippen molar-refractivity contribution in [1.29, 1.82) is 0 Å². The van der Waals surface area contributed by atoms with Crippen LogP contribution < -0.4 is 5.32 Å². The molecule has 110 valence electrons. The van der Waals surface area contributed by atoms with E-state index >= 15 is 0 Å². The summed E-state index contributed by atoms with van der Waals surface area (Å²) in [5.74, 6) is 0.515. The van der Waals surface area contributed by atoms with Crippen LogP contribution >= 0.6 is 11.3 Å². The monoisotopic (exact) mass is 292 g/mol. The Balaban J connectivity index is 1.80. The average Bonchev–Trinajstić information content (AvgIpc) is 3.03. The number of hydrogen-bond donors (Lipinski definition) is 1. The van der Waals surface area contributed by atoms with E-state index in [0.29, 0.717) is 12.0 Å². The van der Waals surface area contributed by atoms with Crippen LogP contribution in [0, 0.1) is 6.92 Å². The summed E-state index contributed by atoms with van der Waals surface area (Å²) >= 11 is 1.84. The smallest absolute Gasteiger partial charge is 0.0956 e. The van der Waals surface area contributed by atoms with Gasteiger partial charge in [-0.2, -0.15) is 0 Å². The molecule has 0 amide bonds. The fourth-order valence-electron chi connectivity index (χ4n) is 2.17. The first kappa shape index (κ1) is 15.2. The zero-order chi connectivity index (χ0) is 14.5. The maximum absolute atomic E-state index is 4.67. The summed E-state index contributed by atoms with van der Waals surface area (Å²) in [6.07, 6.45) is 6.80. The summed E-state index contributed by atoms with van der Waals surface area (Å²) < 4.78 is 2.11. The molecule has 0 aliphatic heterocycles. The number of rotatable bonds is 7.